The molecule has 0 saturated carbocycles. The summed E-state index contributed by atoms with van der Waals surface area (Å²) in [7, 11) is 0. The number of hydrazine groups is 1. The normalized spacial score (nSPS) is 12.0. The van der Waals surface area contributed by atoms with Gasteiger partial charge in [-0.3, -0.25) is 5.01 Å². The molecule has 0 aliphatic carbocycles. The van der Waals surface area contributed by atoms with Crippen molar-refractivity contribution in [2.75, 3.05) is 10.7 Å². The van der Waals surface area contributed by atoms with Crippen LogP contribution in [-0.2, 0) is 5.60 Å². The molecule has 1 aromatic heterocycles. The summed E-state index contributed by atoms with van der Waals surface area (Å²) in [6.45, 7) is 6.70. The molecule has 3 aromatic rings. The van der Waals surface area contributed by atoms with Crippen molar-refractivity contribution in [3.63, 3.8) is 0 Å². The lowest BCUT2D eigenvalue weighted by Crippen LogP contribution is -2.39. The van der Waals surface area contributed by atoms with Crippen LogP contribution in [0, 0.1) is 11.6 Å². The number of halogens is 2. The van der Waals surface area contributed by atoms with Crippen LogP contribution in [0.3, 0.4) is 0 Å². The molecule has 7 nitrogen and oxygen atoms in total. The zero-order valence-electron chi connectivity index (χ0n) is 17.0. The van der Waals surface area contributed by atoms with Crippen molar-refractivity contribution >= 4 is 24.1 Å². The van der Waals surface area contributed by atoms with Crippen LogP contribution in [0.5, 0.6) is 0 Å². The lowest BCUT2D eigenvalue weighted by Gasteiger charge is -2.22. The number of hydrogen-bond acceptors (Lipinski definition) is 6. The number of aromatic nitrogens is 1. The summed E-state index contributed by atoms with van der Waals surface area (Å²) in [5.74, 6) is 3.83. The van der Waals surface area contributed by atoms with E-state index in [1.165, 1.54) is 12.1 Å². The van der Waals surface area contributed by atoms with Crippen LogP contribution < -0.4 is 16.6 Å². The van der Waals surface area contributed by atoms with Crippen LogP contribution in [0.4, 0.5) is 20.3 Å². The maximum Gasteiger partial charge on any atom is 0.183 e. The Hall–Kier alpha value is -3.69. The van der Waals surface area contributed by atoms with E-state index < -0.39 is 17.2 Å². The van der Waals surface area contributed by atoms with Gasteiger partial charge in [0.1, 0.15) is 5.82 Å². The second kappa shape index (κ2) is 8.58. The first-order valence-corrected chi connectivity index (χ1v) is 9.25. The minimum atomic E-state index is -1.15. The van der Waals surface area contributed by atoms with Gasteiger partial charge in [0.05, 0.1) is 16.9 Å². The molecule has 0 unspecified atom stereocenters. The molecule has 0 atom stereocenters. The number of anilines is 2. The Bertz CT molecular complexity index is 1140. The standard InChI is InChI=1S/C22H22F2N6O/c1-22(2,31)15-9-7-13(8-10-15)14-11-16(20(25)28-12-14)21(29-27-3)30(26)18-6-4-5-17(23)19(18)24/h4-12,31H,3,26H2,1-2H3,(H2,25,28)/b29-21-. The van der Waals surface area contributed by atoms with E-state index in [0.717, 1.165) is 22.2 Å². The van der Waals surface area contributed by atoms with Gasteiger partial charge in [-0.05, 0) is 43.2 Å². The average molecular weight is 424 g/mol. The monoisotopic (exact) mass is 424 g/mol. The van der Waals surface area contributed by atoms with Gasteiger partial charge in [-0.2, -0.15) is 5.10 Å². The molecule has 9 heteroatoms. The highest BCUT2D eigenvalue weighted by Crippen LogP contribution is 2.28. The molecule has 5 N–H and O–H groups in total. The van der Waals surface area contributed by atoms with Gasteiger partial charge in [0.25, 0.3) is 0 Å². The van der Waals surface area contributed by atoms with Crippen LogP contribution in [-0.4, -0.2) is 22.6 Å². The van der Waals surface area contributed by atoms with Crippen LogP contribution in [0.15, 0.2) is 64.9 Å². The molecule has 0 amide bonds. The number of nitrogens with zero attached hydrogens (tertiary/aromatic N) is 4. The predicted molar refractivity (Wildman–Crippen MR) is 118 cm³/mol. The van der Waals surface area contributed by atoms with Gasteiger partial charge in [0.15, 0.2) is 17.5 Å². The molecule has 0 radical (unpaired) electrons. The smallest absolute Gasteiger partial charge is 0.183 e. The largest absolute Gasteiger partial charge is 0.386 e. The summed E-state index contributed by atoms with van der Waals surface area (Å²) in [4.78, 5) is 4.18. The van der Waals surface area contributed by atoms with E-state index in [0.29, 0.717) is 5.56 Å². The molecule has 0 aliphatic heterocycles. The number of amidine groups is 1. The Morgan fingerprint density at radius 1 is 1.13 bits per heavy atom. The fraction of sp³-hybridized carbons (Fsp3) is 0.136. The summed E-state index contributed by atoms with van der Waals surface area (Å²) < 4.78 is 28.0. The minimum absolute atomic E-state index is 0.0616. The summed E-state index contributed by atoms with van der Waals surface area (Å²) >= 11 is 0. The van der Waals surface area contributed by atoms with E-state index in [9.17, 15) is 13.9 Å². The number of nitrogen functional groups attached to an aromatic ring is 1. The quantitative estimate of drug-likeness (QED) is 0.251. The molecule has 0 aliphatic rings. The van der Waals surface area contributed by atoms with E-state index in [1.807, 2.05) is 12.1 Å². The lowest BCUT2D eigenvalue weighted by molar-refractivity contribution is 0.0786. The van der Waals surface area contributed by atoms with Crippen molar-refractivity contribution < 1.29 is 13.9 Å². The molecular weight excluding hydrogens is 402 g/mol. The first-order chi connectivity index (χ1) is 14.6. The van der Waals surface area contributed by atoms with E-state index in [1.54, 1.807) is 38.2 Å². The van der Waals surface area contributed by atoms with Gasteiger partial charge in [0, 0.05) is 18.5 Å². The molecule has 3 rings (SSSR count). The average Bonchev–Trinajstić information content (AvgIpc) is 2.74. The Morgan fingerprint density at radius 2 is 1.81 bits per heavy atom. The first kappa shape index (κ1) is 22.0. The zero-order chi connectivity index (χ0) is 22.8. The molecule has 160 valence electrons. The molecule has 0 fully saturated rings. The SMILES string of the molecule is C=N/N=C(/c1cc(-c2ccc(C(C)(C)O)cc2)cnc1N)N(N)c1cccc(F)c1F. The topological polar surface area (TPSA) is 113 Å². The summed E-state index contributed by atoms with van der Waals surface area (Å²) in [5.41, 5.74) is 7.23. The Balaban J connectivity index is 2.07. The first-order valence-electron chi connectivity index (χ1n) is 9.25. The molecule has 0 saturated heterocycles. The van der Waals surface area contributed by atoms with Crippen LogP contribution in [0.1, 0.15) is 25.0 Å². The van der Waals surface area contributed by atoms with Crippen LogP contribution >= 0.6 is 0 Å². The molecule has 0 bridgehead atoms. The number of pyridine rings is 1. The number of rotatable bonds is 5. The second-order valence-corrected chi connectivity index (χ2v) is 7.30. The number of nitrogens with two attached hydrogens (primary N) is 2. The maximum atomic E-state index is 14.3. The van der Waals surface area contributed by atoms with E-state index in [-0.39, 0.29) is 22.9 Å². The Kier molecular flexibility index (Phi) is 6.09. The fourth-order valence-electron chi connectivity index (χ4n) is 2.97. The molecule has 0 spiro atoms. The van der Waals surface area contributed by atoms with Gasteiger partial charge in [-0.25, -0.2) is 19.6 Å². The molecule has 2 aromatic carbocycles. The van der Waals surface area contributed by atoms with Gasteiger partial charge >= 0.3 is 0 Å². The molecule has 1 heterocycles. The minimum Gasteiger partial charge on any atom is -0.386 e. The third-order valence-corrected chi connectivity index (χ3v) is 4.67. The van der Waals surface area contributed by atoms with E-state index in [2.05, 4.69) is 21.9 Å². The van der Waals surface area contributed by atoms with Crippen molar-refractivity contribution in [2.45, 2.75) is 19.4 Å². The molecular formula is C22H22F2N6O. The Labute approximate surface area is 178 Å². The van der Waals surface area contributed by atoms with Gasteiger partial charge in [0.2, 0.25) is 0 Å². The second-order valence-electron chi connectivity index (χ2n) is 7.30. The van der Waals surface area contributed by atoms with Gasteiger partial charge < -0.3 is 10.8 Å². The van der Waals surface area contributed by atoms with Crippen LogP contribution in [0.25, 0.3) is 11.1 Å². The van der Waals surface area contributed by atoms with Crippen molar-refractivity contribution in [1.82, 2.24) is 4.98 Å². The third-order valence-electron chi connectivity index (χ3n) is 4.67. The van der Waals surface area contributed by atoms with E-state index in [4.69, 9.17) is 11.6 Å². The van der Waals surface area contributed by atoms with Gasteiger partial charge in [-0.15, -0.1) is 5.10 Å². The predicted octanol–water partition coefficient (Wildman–Crippen LogP) is 3.58. The van der Waals surface area contributed by atoms with E-state index >= 15 is 0 Å². The Morgan fingerprint density at radius 3 is 2.42 bits per heavy atom. The number of aliphatic hydroxyl groups is 1. The summed E-state index contributed by atoms with van der Waals surface area (Å²) in [6, 6.07) is 12.5. The lowest BCUT2D eigenvalue weighted by atomic mass is 9.95. The maximum absolute atomic E-state index is 14.3. The highest BCUT2D eigenvalue weighted by atomic mass is 19.2. The summed E-state index contributed by atoms with van der Waals surface area (Å²) in [6.07, 6.45) is 1.56. The van der Waals surface area contributed by atoms with Crippen molar-refractivity contribution in [2.24, 2.45) is 16.0 Å². The number of benzene rings is 2. The van der Waals surface area contributed by atoms with Crippen molar-refractivity contribution in [3.8, 4) is 11.1 Å². The highest BCUT2D eigenvalue weighted by Gasteiger charge is 2.22. The van der Waals surface area contributed by atoms with Crippen molar-refractivity contribution in [3.05, 3.63) is 77.5 Å². The van der Waals surface area contributed by atoms with Crippen molar-refractivity contribution in [1.29, 1.82) is 0 Å². The third kappa shape index (κ3) is 4.57. The number of hydrogen-bond donors (Lipinski definition) is 3. The summed E-state index contributed by atoms with van der Waals surface area (Å²) in [5, 5.41) is 18.3. The van der Waals surface area contributed by atoms with Gasteiger partial charge in [-0.1, -0.05) is 30.3 Å². The zero-order valence-corrected chi connectivity index (χ0v) is 17.0. The molecule has 31 heavy (non-hydrogen) atoms. The highest BCUT2D eigenvalue weighted by molar-refractivity contribution is 6.12. The van der Waals surface area contributed by atoms with Crippen LogP contribution in [0.2, 0.25) is 0 Å². The fourth-order valence-corrected chi connectivity index (χ4v) is 2.97.